The van der Waals surface area contributed by atoms with E-state index in [-0.39, 0.29) is 0 Å². The summed E-state index contributed by atoms with van der Waals surface area (Å²) in [7, 11) is 0. The highest BCUT2D eigenvalue weighted by Gasteiger charge is 2.23. The van der Waals surface area contributed by atoms with Gasteiger partial charge in [0.25, 0.3) is 0 Å². The second-order valence-corrected chi connectivity index (χ2v) is 2.96. The molecule has 0 spiro atoms. The Morgan fingerprint density at radius 1 is 1.00 bits per heavy atom. The minimum atomic E-state index is 0.666. The Morgan fingerprint density at radius 2 is 1.60 bits per heavy atom. The van der Waals surface area contributed by atoms with E-state index < -0.39 is 0 Å². The number of fused-ring (bicyclic) bond motifs is 1. The molecule has 0 aromatic heterocycles. The minimum absolute atomic E-state index is 0.666. The Kier molecular flexibility index (Phi) is 1.60. The molecule has 1 saturated heterocycles. The van der Waals surface area contributed by atoms with E-state index in [1.54, 1.807) is 0 Å². The van der Waals surface area contributed by atoms with Gasteiger partial charge in [-0.3, -0.25) is 0 Å². The van der Waals surface area contributed by atoms with Crippen molar-refractivity contribution in [2.75, 3.05) is 13.2 Å². The van der Waals surface area contributed by atoms with Gasteiger partial charge in [0.15, 0.2) is 0 Å². The van der Waals surface area contributed by atoms with Crippen LogP contribution in [0.15, 0.2) is 24.3 Å². The van der Waals surface area contributed by atoms with Crippen LogP contribution in [0.2, 0.25) is 0 Å². The molecule has 2 aliphatic rings. The first-order valence-electron chi connectivity index (χ1n) is 3.88. The highest BCUT2D eigenvalue weighted by Crippen LogP contribution is 2.25. The summed E-state index contributed by atoms with van der Waals surface area (Å²) < 4.78 is 5.34. The molecular formula is C9H12O. The summed E-state index contributed by atoms with van der Waals surface area (Å²) in [5.74, 6) is 1.33. The summed E-state index contributed by atoms with van der Waals surface area (Å²) in [6, 6.07) is 0. The quantitative estimate of drug-likeness (QED) is 0.461. The van der Waals surface area contributed by atoms with Crippen LogP contribution in [0.3, 0.4) is 0 Å². The lowest BCUT2D eigenvalue weighted by Crippen LogP contribution is -2.05. The van der Waals surface area contributed by atoms with Crippen LogP contribution in [0.1, 0.15) is 6.42 Å². The lowest BCUT2D eigenvalue weighted by molar-refractivity contribution is 0.187. The summed E-state index contributed by atoms with van der Waals surface area (Å²) in [4.78, 5) is 0. The molecule has 1 fully saturated rings. The third-order valence-corrected chi connectivity index (χ3v) is 2.21. The molecule has 1 heteroatoms. The molecule has 0 saturated carbocycles. The lowest BCUT2D eigenvalue weighted by atomic mass is 9.97. The van der Waals surface area contributed by atoms with E-state index in [0.29, 0.717) is 11.8 Å². The molecule has 1 heterocycles. The van der Waals surface area contributed by atoms with Gasteiger partial charge in [-0.2, -0.15) is 0 Å². The van der Waals surface area contributed by atoms with Crippen LogP contribution in [0.25, 0.3) is 0 Å². The average molecular weight is 136 g/mol. The van der Waals surface area contributed by atoms with Gasteiger partial charge in [0.05, 0.1) is 13.2 Å². The topological polar surface area (TPSA) is 9.23 Å². The molecule has 54 valence electrons. The number of rotatable bonds is 0. The van der Waals surface area contributed by atoms with Gasteiger partial charge >= 0.3 is 0 Å². The van der Waals surface area contributed by atoms with Crippen molar-refractivity contribution in [3.63, 3.8) is 0 Å². The van der Waals surface area contributed by atoms with Crippen LogP contribution in [0, 0.1) is 11.8 Å². The first-order valence-corrected chi connectivity index (χ1v) is 3.88. The molecule has 0 bridgehead atoms. The lowest BCUT2D eigenvalue weighted by Gasteiger charge is -2.05. The van der Waals surface area contributed by atoms with E-state index >= 15 is 0 Å². The fourth-order valence-corrected chi connectivity index (χ4v) is 1.57. The van der Waals surface area contributed by atoms with Gasteiger partial charge in [-0.1, -0.05) is 24.3 Å². The Balaban J connectivity index is 2.16. The van der Waals surface area contributed by atoms with Crippen molar-refractivity contribution in [1.29, 1.82) is 0 Å². The van der Waals surface area contributed by atoms with Gasteiger partial charge in [-0.15, -0.1) is 0 Å². The summed E-state index contributed by atoms with van der Waals surface area (Å²) in [5.41, 5.74) is 0. The van der Waals surface area contributed by atoms with Crippen LogP contribution < -0.4 is 0 Å². The Morgan fingerprint density at radius 3 is 2.20 bits per heavy atom. The molecular weight excluding hydrogens is 124 g/mol. The molecule has 0 amide bonds. The van der Waals surface area contributed by atoms with Gasteiger partial charge < -0.3 is 4.74 Å². The zero-order valence-electron chi connectivity index (χ0n) is 5.99. The van der Waals surface area contributed by atoms with E-state index in [4.69, 9.17) is 4.74 Å². The highest BCUT2D eigenvalue weighted by atomic mass is 16.5. The molecule has 0 radical (unpaired) electrons. The number of hydrogen-bond donors (Lipinski definition) is 0. The van der Waals surface area contributed by atoms with Crippen molar-refractivity contribution in [2.45, 2.75) is 6.42 Å². The molecule has 0 aromatic rings. The van der Waals surface area contributed by atoms with Crippen LogP contribution >= 0.6 is 0 Å². The van der Waals surface area contributed by atoms with Gasteiger partial charge in [0, 0.05) is 11.8 Å². The monoisotopic (exact) mass is 136 g/mol. The molecule has 1 aliphatic heterocycles. The smallest absolute Gasteiger partial charge is 0.0535 e. The summed E-state index contributed by atoms with van der Waals surface area (Å²) in [5, 5.41) is 0. The molecule has 0 aromatic carbocycles. The maximum Gasteiger partial charge on any atom is 0.0535 e. The van der Waals surface area contributed by atoms with Crippen molar-refractivity contribution >= 4 is 0 Å². The normalized spacial score (nSPS) is 37.6. The first kappa shape index (κ1) is 6.17. The Labute approximate surface area is 61.4 Å². The molecule has 1 unspecified atom stereocenters. The standard InChI is InChI=1S/C9H12O/c1-2-4-8-6-10-7-9(8)5-3-1/h2-5,8-9H,1,6-7H2/t8-,9?/m0/s1. The Hall–Kier alpha value is -0.560. The SMILES string of the molecule is C1=CC2COC[C@@H]2C=CC1. The van der Waals surface area contributed by atoms with Crippen LogP contribution in [0.5, 0.6) is 0 Å². The first-order chi connectivity index (χ1) is 4.97. The number of hydrogen-bond acceptors (Lipinski definition) is 1. The third kappa shape index (κ3) is 1.01. The fourth-order valence-electron chi connectivity index (χ4n) is 1.57. The van der Waals surface area contributed by atoms with E-state index in [1.807, 2.05) is 0 Å². The van der Waals surface area contributed by atoms with Crippen molar-refractivity contribution in [3.05, 3.63) is 24.3 Å². The summed E-state index contributed by atoms with van der Waals surface area (Å²) >= 11 is 0. The van der Waals surface area contributed by atoms with Crippen molar-refractivity contribution in [3.8, 4) is 0 Å². The van der Waals surface area contributed by atoms with Gasteiger partial charge in [-0.25, -0.2) is 0 Å². The van der Waals surface area contributed by atoms with Crippen molar-refractivity contribution in [2.24, 2.45) is 11.8 Å². The second kappa shape index (κ2) is 2.59. The van der Waals surface area contributed by atoms with Gasteiger partial charge in [0.2, 0.25) is 0 Å². The van der Waals surface area contributed by atoms with Gasteiger partial charge in [0.1, 0.15) is 0 Å². The average Bonchev–Trinajstić information content (AvgIpc) is 2.28. The minimum Gasteiger partial charge on any atom is -0.380 e. The maximum absolute atomic E-state index is 5.34. The van der Waals surface area contributed by atoms with E-state index in [1.165, 1.54) is 0 Å². The zero-order valence-corrected chi connectivity index (χ0v) is 5.99. The third-order valence-electron chi connectivity index (χ3n) is 2.21. The molecule has 2 rings (SSSR count). The van der Waals surface area contributed by atoms with E-state index in [9.17, 15) is 0 Å². The largest absolute Gasteiger partial charge is 0.380 e. The van der Waals surface area contributed by atoms with Crippen molar-refractivity contribution < 1.29 is 4.74 Å². The molecule has 1 nitrogen and oxygen atoms in total. The van der Waals surface area contributed by atoms with E-state index in [0.717, 1.165) is 19.6 Å². The predicted molar refractivity (Wildman–Crippen MR) is 40.7 cm³/mol. The second-order valence-electron chi connectivity index (χ2n) is 2.96. The number of allylic oxidation sites excluding steroid dienone is 2. The van der Waals surface area contributed by atoms with Gasteiger partial charge in [-0.05, 0) is 6.42 Å². The molecule has 10 heavy (non-hydrogen) atoms. The molecule has 0 N–H and O–H groups in total. The maximum atomic E-state index is 5.34. The molecule has 1 aliphatic carbocycles. The van der Waals surface area contributed by atoms with Crippen molar-refractivity contribution in [1.82, 2.24) is 0 Å². The van der Waals surface area contributed by atoms with Crippen LogP contribution in [-0.2, 0) is 4.74 Å². The molecule has 2 atom stereocenters. The number of ether oxygens (including phenoxy) is 1. The summed E-state index contributed by atoms with van der Waals surface area (Å²) in [6.45, 7) is 1.84. The van der Waals surface area contributed by atoms with Crippen LogP contribution in [0.4, 0.5) is 0 Å². The summed E-state index contributed by atoms with van der Waals surface area (Å²) in [6.07, 6.45) is 10.1. The zero-order chi connectivity index (χ0) is 6.81. The fraction of sp³-hybridized carbons (Fsp3) is 0.556. The van der Waals surface area contributed by atoms with Crippen LogP contribution in [-0.4, -0.2) is 13.2 Å². The van der Waals surface area contributed by atoms with E-state index in [2.05, 4.69) is 24.3 Å². The Bertz CT molecular complexity index is 152. The predicted octanol–water partition coefficient (Wildman–Crippen LogP) is 1.77. The highest BCUT2D eigenvalue weighted by molar-refractivity contribution is 5.08.